The molecule has 1 heterocycles. The lowest BCUT2D eigenvalue weighted by molar-refractivity contribution is 1.04. The van der Waals surface area contributed by atoms with Gasteiger partial charge in [0.25, 0.3) is 0 Å². The number of nitrogens with zero attached hydrogens (tertiary/aromatic N) is 1. The number of nitrogens with one attached hydrogen (secondary N) is 1. The molecule has 0 aliphatic carbocycles. The molecule has 0 fully saturated rings. The predicted octanol–water partition coefficient (Wildman–Crippen LogP) is 2.85. The van der Waals surface area contributed by atoms with Gasteiger partial charge in [0.15, 0.2) is 0 Å². The normalized spacial score (nSPS) is 10.7. The van der Waals surface area contributed by atoms with E-state index in [-0.39, 0.29) is 5.69 Å². The second-order valence-electron chi connectivity index (χ2n) is 4.10. The first-order valence-electron chi connectivity index (χ1n) is 5.72. The van der Waals surface area contributed by atoms with Crippen molar-refractivity contribution in [2.45, 2.75) is 0 Å². The van der Waals surface area contributed by atoms with Crippen molar-refractivity contribution in [1.29, 1.82) is 0 Å². The van der Waals surface area contributed by atoms with E-state index < -0.39 is 0 Å². The van der Waals surface area contributed by atoms with Gasteiger partial charge in [-0.3, -0.25) is 4.57 Å². The lowest BCUT2D eigenvalue weighted by Gasteiger charge is -2.07. The first-order chi connectivity index (χ1) is 8.77. The summed E-state index contributed by atoms with van der Waals surface area (Å²) in [6.45, 7) is 4.02. The largest absolute Gasteiger partial charge is 0.331 e. The molecule has 0 spiro atoms. The zero-order chi connectivity index (χ0) is 12.5. The standard InChI is InChI=1S/C15H12N2O/c1-11(12-7-3-2-4-8-12)17-14-10-6-5-9-13(14)16-15(17)18/h2-10H,1H2,(H,16,18). The van der Waals surface area contributed by atoms with Crippen molar-refractivity contribution in [2.24, 2.45) is 0 Å². The van der Waals surface area contributed by atoms with Crippen molar-refractivity contribution in [2.75, 3.05) is 0 Å². The van der Waals surface area contributed by atoms with Crippen LogP contribution in [0.2, 0.25) is 0 Å². The predicted molar refractivity (Wildman–Crippen MR) is 73.4 cm³/mol. The Labute approximate surface area is 104 Å². The number of para-hydroxylation sites is 2. The van der Waals surface area contributed by atoms with Gasteiger partial charge in [-0.15, -0.1) is 0 Å². The van der Waals surface area contributed by atoms with E-state index in [1.165, 1.54) is 0 Å². The van der Waals surface area contributed by atoms with E-state index in [1.807, 2.05) is 54.6 Å². The van der Waals surface area contributed by atoms with Crippen molar-refractivity contribution < 1.29 is 0 Å². The molecule has 0 radical (unpaired) electrons. The molecule has 0 bridgehead atoms. The van der Waals surface area contributed by atoms with Crippen molar-refractivity contribution >= 4 is 16.7 Å². The minimum atomic E-state index is -0.162. The van der Waals surface area contributed by atoms with E-state index in [0.29, 0.717) is 5.70 Å². The summed E-state index contributed by atoms with van der Waals surface area (Å²) in [4.78, 5) is 14.8. The fraction of sp³-hybridized carbons (Fsp3) is 0. The van der Waals surface area contributed by atoms with Gasteiger partial charge >= 0.3 is 5.69 Å². The molecule has 3 rings (SSSR count). The van der Waals surface area contributed by atoms with Gasteiger partial charge in [-0.1, -0.05) is 49.0 Å². The number of rotatable bonds is 2. The molecule has 1 aromatic heterocycles. The number of aromatic nitrogens is 2. The maximum atomic E-state index is 12.0. The third-order valence-corrected chi connectivity index (χ3v) is 2.97. The molecule has 18 heavy (non-hydrogen) atoms. The van der Waals surface area contributed by atoms with Crippen LogP contribution in [0.1, 0.15) is 5.56 Å². The minimum Gasteiger partial charge on any atom is -0.305 e. The number of benzene rings is 2. The van der Waals surface area contributed by atoms with Gasteiger partial charge in [-0.05, 0) is 17.7 Å². The van der Waals surface area contributed by atoms with E-state index in [9.17, 15) is 4.79 Å². The lowest BCUT2D eigenvalue weighted by atomic mass is 10.2. The molecular weight excluding hydrogens is 224 g/mol. The molecule has 0 aliphatic heterocycles. The summed E-state index contributed by atoms with van der Waals surface area (Å²) >= 11 is 0. The van der Waals surface area contributed by atoms with E-state index in [2.05, 4.69) is 11.6 Å². The number of hydrogen-bond acceptors (Lipinski definition) is 1. The van der Waals surface area contributed by atoms with Gasteiger partial charge < -0.3 is 4.98 Å². The van der Waals surface area contributed by atoms with Crippen LogP contribution in [0.25, 0.3) is 16.7 Å². The number of aromatic amines is 1. The number of H-pyrrole nitrogens is 1. The van der Waals surface area contributed by atoms with Crippen LogP contribution >= 0.6 is 0 Å². The Kier molecular flexibility index (Phi) is 2.38. The SMILES string of the molecule is C=C(c1ccccc1)n1c(=O)[nH]c2ccccc21. The fourth-order valence-electron chi connectivity index (χ4n) is 2.08. The Bertz CT molecular complexity index is 766. The topological polar surface area (TPSA) is 37.8 Å². The quantitative estimate of drug-likeness (QED) is 0.730. The first-order valence-corrected chi connectivity index (χ1v) is 5.72. The van der Waals surface area contributed by atoms with Gasteiger partial charge in [-0.2, -0.15) is 0 Å². The summed E-state index contributed by atoms with van der Waals surface area (Å²) in [5.41, 5.74) is 3.11. The Morgan fingerprint density at radius 3 is 2.44 bits per heavy atom. The molecule has 0 unspecified atom stereocenters. The average Bonchev–Trinajstić information content (AvgIpc) is 2.75. The van der Waals surface area contributed by atoms with Gasteiger partial charge in [0.1, 0.15) is 0 Å². The van der Waals surface area contributed by atoms with E-state index in [0.717, 1.165) is 16.6 Å². The minimum absolute atomic E-state index is 0.162. The third kappa shape index (κ3) is 1.57. The molecule has 88 valence electrons. The number of hydrogen-bond donors (Lipinski definition) is 1. The van der Waals surface area contributed by atoms with Crippen LogP contribution in [-0.4, -0.2) is 9.55 Å². The Morgan fingerprint density at radius 2 is 1.67 bits per heavy atom. The summed E-state index contributed by atoms with van der Waals surface area (Å²) in [6, 6.07) is 17.3. The van der Waals surface area contributed by atoms with Crippen LogP contribution in [0.4, 0.5) is 0 Å². The first kappa shape index (κ1) is 10.6. The fourth-order valence-corrected chi connectivity index (χ4v) is 2.08. The van der Waals surface area contributed by atoms with Gasteiger partial charge in [0, 0.05) is 0 Å². The molecule has 0 atom stereocenters. The molecule has 0 saturated heterocycles. The van der Waals surface area contributed by atoms with Gasteiger partial charge in [-0.25, -0.2) is 4.79 Å². The molecule has 3 aromatic rings. The smallest absolute Gasteiger partial charge is 0.305 e. The van der Waals surface area contributed by atoms with Crippen molar-refractivity contribution in [3.63, 3.8) is 0 Å². The van der Waals surface area contributed by atoms with E-state index in [4.69, 9.17) is 0 Å². The summed E-state index contributed by atoms with van der Waals surface area (Å²) < 4.78 is 1.60. The van der Waals surface area contributed by atoms with E-state index >= 15 is 0 Å². The lowest BCUT2D eigenvalue weighted by Crippen LogP contribution is -2.15. The highest BCUT2D eigenvalue weighted by atomic mass is 16.1. The molecule has 3 heteroatoms. The van der Waals surface area contributed by atoms with Crippen molar-refractivity contribution in [1.82, 2.24) is 9.55 Å². The van der Waals surface area contributed by atoms with Crippen LogP contribution in [-0.2, 0) is 0 Å². The molecule has 0 saturated carbocycles. The Hall–Kier alpha value is -2.55. The number of imidazole rings is 1. The maximum Gasteiger partial charge on any atom is 0.331 e. The highest BCUT2D eigenvalue weighted by Gasteiger charge is 2.09. The zero-order valence-corrected chi connectivity index (χ0v) is 9.76. The molecule has 0 amide bonds. The molecule has 3 nitrogen and oxygen atoms in total. The second kappa shape index (κ2) is 4.04. The third-order valence-electron chi connectivity index (χ3n) is 2.97. The maximum absolute atomic E-state index is 12.0. The zero-order valence-electron chi connectivity index (χ0n) is 9.76. The summed E-state index contributed by atoms with van der Waals surface area (Å²) in [5, 5.41) is 0. The van der Waals surface area contributed by atoms with Crippen LogP contribution in [0.15, 0.2) is 66.0 Å². The van der Waals surface area contributed by atoms with Crippen LogP contribution in [0.3, 0.4) is 0 Å². The highest BCUT2D eigenvalue weighted by molar-refractivity contribution is 5.81. The van der Waals surface area contributed by atoms with E-state index in [1.54, 1.807) is 4.57 Å². The summed E-state index contributed by atoms with van der Waals surface area (Å²) in [5.74, 6) is 0. The van der Waals surface area contributed by atoms with Gasteiger partial charge in [0.05, 0.1) is 16.7 Å². The highest BCUT2D eigenvalue weighted by Crippen LogP contribution is 2.18. The van der Waals surface area contributed by atoms with Crippen molar-refractivity contribution in [3.05, 3.63) is 77.2 Å². The monoisotopic (exact) mass is 236 g/mol. The molecule has 2 aromatic carbocycles. The van der Waals surface area contributed by atoms with Crippen LogP contribution in [0, 0.1) is 0 Å². The summed E-state index contributed by atoms with van der Waals surface area (Å²) in [7, 11) is 0. The van der Waals surface area contributed by atoms with Crippen molar-refractivity contribution in [3.8, 4) is 0 Å². The van der Waals surface area contributed by atoms with Crippen LogP contribution < -0.4 is 5.69 Å². The molecular formula is C15H12N2O. The Balaban J connectivity index is 2.24. The Morgan fingerprint density at radius 1 is 1.00 bits per heavy atom. The number of fused-ring (bicyclic) bond motifs is 1. The second-order valence-corrected chi connectivity index (χ2v) is 4.10. The molecule has 0 aliphatic rings. The molecule has 1 N–H and O–H groups in total. The van der Waals surface area contributed by atoms with Crippen LogP contribution in [0.5, 0.6) is 0 Å². The average molecular weight is 236 g/mol. The van der Waals surface area contributed by atoms with Gasteiger partial charge in [0.2, 0.25) is 0 Å². The summed E-state index contributed by atoms with van der Waals surface area (Å²) in [6.07, 6.45) is 0.